The number of carboxylic acids is 1. The molecule has 1 aromatic carbocycles. The molecule has 1 unspecified atom stereocenters. The number of hydrogen-bond donors (Lipinski definition) is 3. The van der Waals surface area contributed by atoms with Crippen molar-refractivity contribution in [1.82, 2.24) is 0 Å². The Morgan fingerprint density at radius 2 is 1.83 bits per heavy atom. The van der Waals surface area contributed by atoms with Crippen LogP contribution in [-0.4, -0.2) is 33.8 Å². The van der Waals surface area contributed by atoms with Crippen LogP contribution in [-0.2, 0) is 10.4 Å². The first-order chi connectivity index (χ1) is 8.16. The van der Waals surface area contributed by atoms with Gasteiger partial charge >= 0.3 is 11.9 Å². The van der Waals surface area contributed by atoms with Crippen molar-refractivity contribution in [3.8, 4) is 0 Å². The molecule has 0 fully saturated rings. The maximum atomic E-state index is 13.3. The van der Waals surface area contributed by atoms with Crippen LogP contribution in [0.5, 0.6) is 0 Å². The van der Waals surface area contributed by atoms with Gasteiger partial charge in [-0.15, -0.1) is 0 Å². The normalized spacial score (nSPS) is 15.2. The minimum atomic E-state index is -4.85. The molecule has 0 aliphatic carbocycles. The Morgan fingerprint density at radius 1 is 1.28 bits per heavy atom. The third-order valence-electron chi connectivity index (χ3n) is 2.39. The highest BCUT2D eigenvalue weighted by atomic mass is 19.3. The molecule has 3 N–H and O–H groups in total. The molecule has 0 aliphatic heterocycles. The molecule has 0 bridgehead atoms. The van der Waals surface area contributed by atoms with Gasteiger partial charge in [0.2, 0.25) is 0 Å². The van der Waals surface area contributed by atoms with Crippen molar-refractivity contribution in [2.75, 3.05) is 6.61 Å². The zero-order valence-electron chi connectivity index (χ0n) is 8.70. The summed E-state index contributed by atoms with van der Waals surface area (Å²) in [4.78, 5) is 10.4. The fourth-order valence-corrected chi connectivity index (χ4v) is 1.36. The molecule has 100 valence electrons. The van der Waals surface area contributed by atoms with E-state index in [9.17, 15) is 27.5 Å². The highest BCUT2D eigenvalue weighted by Crippen LogP contribution is 2.39. The van der Waals surface area contributed by atoms with Crippen molar-refractivity contribution in [2.45, 2.75) is 11.5 Å². The molecule has 0 heterocycles. The Labute approximate surface area is 98.1 Å². The van der Waals surface area contributed by atoms with Gasteiger partial charge < -0.3 is 15.3 Å². The first-order valence-electron chi connectivity index (χ1n) is 4.57. The molecule has 8 heteroatoms. The number of hydrogen-bond acceptors (Lipinski definition) is 3. The summed E-state index contributed by atoms with van der Waals surface area (Å²) in [6.45, 7) is -1.76. The van der Waals surface area contributed by atoms with E-state index in [0.717, 1.165) is 0 Å². The molecule has 1 rings (SSSR count). The highest BCUT2D eigenvalue weighted by molar-refractivity contribution is 5.77. The van der Waals surface area contributed by atoms with Gasteiger partial charge in [0.15, 0.2) is 5.60 Å². The average molecular weight is 268 g/mol. The van der Waals surface area contributed by atoms with Gasteiger partial charge in [0.1, 0.15) is 11.6 Å². The van der Waals surface area contributed by atoms with Crippen LogP contribution in [0.4, 0.5) is 17.6 Å². The molecule has 0 spiro atoms. The standard InChI is InChI=1S/C10H8F4O4/c11-5-1-2-6(7(12)3-5)9(18,4-15)10(13,14)8(16)17/h1-3,15,18H,4H2,(H,16,17). The quantitative estimate of drug-likeness (QED) is 0.708. The Bertz CT molecular complexity index is 477. The van der Waals surface area contributed by atoms with Crippen LogP contribution >= 0.6 is 0 Å². The Kier molecular flexibility index (Phi) is 3.63. The van der Waals surface area contributed by atoms with E-state index in [0.29, 0.717) is 12.1 Å². The van der Waals surface area contributed by atoms with Crippen LogP contribution in [0.25, 0.3) is 0 Å². The van der Waals surface area contributed by atoms with Crippen molar-refractivity contribution in [2.24, 2.45) is 0 Å². The van der Waals surface area contributed by atoms with Crippen molar-refractivity contribution < 1.29 is 37.7 Å². The molecule has 0 saturated carbocycles. The number of aliphatic hydroxyl groups is 2. The zero-order chi connectivity index (χ0) is 14.1. The van der Waals surface area contributed by atoms with Gasteiger partial charge in [0, 0.05) is 11.6 Å². The molecule has 1 aromatic rings. The monoisotopic (exact) mass is 268 g/mol. The summed E-state index contributed by atoms with van der Waals surface area (Å²) in [5.74, 6) is -10.3. The Hall–Kier alpha value is -1.67. The summed E-state index contributed by atoms with van der Waals surface area (Å²) in [6.07, 6.45) is 0. The largest absolute Gasteiger partial charge is 0.477 e. The lowest BCUT2D eigenvalue weighted by molar-refractivity contribution is -0.222. The topological polar surface area (TPSA) is 77.8 Å². The summed E-state index contributed by atoms with van der Waals surface area (Å²) in [5.41, 5.74) is -4.89. The summed E-state index contributed by atoms with van der Waals surface area (Å²) in [6, 6.07) is 1.18. The smallest absolute Gasteiger partial charge is 0.378 e. The van der Waals surface area contributed by atoms with Crippen LogP contribution in [0.1, 0.15) is 5.56 Å². The van der Waals surface area contributed by atoms with Crippen molar-refractivity contribution >= 4 is 5.97 Å². The Balaban J connectivity index is 3.44. The molecule has 0 radical (unpaired) electrons. The SMILES string of the molecule is O=C(O)C(F)(F)C(O)(CO)c1ccc(F)cc1F. The molecule has 18 heavy (non-hydrogen) atoms. The van der Waals surface area contributed by atoms with Gasteiger partial charge in [0.05, 0.1) is 6.61 Å². The van der Waals surface area contributed by atoms with E-state index in [1.54, 1.807) is 0 Å². The number of carbonyl (C=O) groups is 1. The van der Waals surface area contributed by atoms with Gasteiger partial charge in [-0.3, -0.25) is 0 Å². The lowest BCUT2D eigenvalue weighted by Crippen LogP contribution is -2.53. The maximum Gasteiger partial charge on any atom is 0.378 e. The van der Waals surface area contributed by atoms with Crippen LogP contribution in [0.15, 0.2) is 18.2 Å². The van der Waals surface area contributed by atoms with Crippen molar-refractivity contribution in [3.63, 3.8) is 0 Å². The van der Waals surface area contributed by atoms with E-state index >= 15 is 0 Å². The average Bonchev–Trinajstić information content (AvgIpc) is 2.27. The second-order valence-electron chi connectivity index (χ2n) is 3.52. The van der Waals surface area contributed by atoms with Gasteiger partial charge in [-0.05, 0) is 12.1 Å². The summed E-state index contributed by atoms with van der Waals surface area (Å²) >= 11 is 0. The Morgan fingerprint density at radius 3 is 2.22 bits per heavy atom. The second-order valence-corrected chi connectivity index (χ2v) is 3.52. The molecular weight excluding hydrogens is 260 g/mol. The molecule has 4 nitrogen and oxygen atoms in total. The van der Waals surface area contributed by atoms with Crippen LogP contribution in [0.3, 0.4) is 0 Å². The number of carboxylic acid groups (broad SMARTS) is 1. The molecule has 0 aliphatic rings. The zero-order valence-corrected chi connectivity index (χ0v) is 8.70. The summed E-state index contributed by atoms with van der Waals surface area (Å²) in [5, 5.41) is 26.6. The number of rotatable bonds is 4. The molecule has 1 atom stereocenters. The predicted molar refractivity (Wildman–Crippen MR) is 49.9 cm³/mol. The number of aliphatic carboxylic acids is 1. The van der Waals surface area contributed by atoms with E-state index < -0.39 is 41.3 Å². The summed E-state index contributed by atoms with van der Waals surface area (Å²) in [7, 11) is 0. The highest BCUT2D eigenvalue weighted by Gasteiger charge is 2.60. The molecule has 0 saturated heterocycles. The third kappa shape index (κ3) is 2.04. The van der Waals surface area contributed by atoms with E-state index in [1.165, 1.54) is 0 Å². The minimum absolute atomic E-state index is 0.188. The lowest BCUT2D eigenvalue weighted by atomic mass is 9.87. The van der Waals surface area contributed by atoms with Crippen LogP contribution < -0.4 is 0 Å². The van der Waals surface area contributed by atoms with Crippen molar-refractivity contribution in [3.05, 3.63) is 35.4 Å². The van der Waals surface area contributed by atoms with Gasteiger partial charge in [0.25, 0.3) is 0 Å². The van der Waals surface area contributed by atoms with Gasteiger partial charge in [-0.2, -0.15) is 8.78 Å². The first kappa shape index (κ1) is 14.4. The number of alkyl halides is 2. The maximum absolute atomic E-state index is 13.3. The first-order valence-corrected chi connectivity index (χ1v) is 4.57. The predicted octanol–water partition coefficient (Wildman–Crippen LogP) is 0.865. The van der Waals surface area contributed by atoms with E-state index in [4.69, 9.17) is 10.2 Å². The summed E-state index contributed by atoms with van der Waals surface area (Å²) < 4.78 is 52.5. The van der Waals surface area contributed by atoms with Crippen molar-refractivity contribution in [1.29, 1.82) is 0 Å². The fraction of sp³-hybridized carbons (Fsp3) is 0.300. The number of benzene rings is 1. The van der Waals surface area contributed by atoms with Crippen LogP contribution in [0, 0.1) is 11.6 Å². The van der Waals surface area contributed by atoms with Crippen LogP contribution in [0.2, 0.25) is 0 Å². The second kappa shape index (κ2) is 4.54. The fourth-order valence-electron chi connectivity index (χ4n) is 1.36. The van der Waals surface area contributed by atoms with E-state index in [-0.39, 0.29) is 6.07 Å². The lowest BCUT2D eigenvalue weighted by Gasteiger charge is -2.31. The van der Waals surface area contributed by atoms with E-state index in [1.807, 2.05) is 0 Å². The van der Waals surface area contributed by atoms with Gasteiger partial charge in [-0.25, -0.2) is 13.6 Å². The minimum Gasteiger partial charge on any atom is -0.477 e. The molecule has 0 amide bonds. The molecular formula is C10H8F4O4. The third-order valence-corrected chi connectivity index (χ3v) is 2.39. The van der Waals surface area contributed by atoms with E-state index in [2.05, 4.69) is 0 Å². The molecule has 0 aromatic heterocycles. The number of aliphatic hydroxyl groups excluding tert-OH is 1. The number of halogens is 4. The van der Waals surface area contributed by atoms with Gasteiger partial charge in [-0.1, -0.05) is 0 Å².